The zero-order valence-electron chi connectivity index (χ0n) is 9.55. The Bertz CT molecular complexity index is 192. The lowest BCUT2D eigenvalue weighted by atomic mass is 10.2. The summed E-state index contributed by atoms with van der Waals surface area (Å²) in [4.78, 5) is 13.3. The molecule has 0 radical (unpaired) electrons. The van der Waals surface area contributed by atoms with Crippen LogP contribution in [0.2, 0.25) is 0 Å². The highest BCUT2D eigenvalue weighted by atomic mass is 16.2. The van der Waals surface area contributed by atoms with Gasteiger partial charge < -0.3 is 10.2 Å². The summed E-state index contributed by atoms with van der Waals surface area (Å²) in [6, 6.07) is 0.416. The monoisotopic (exact) mass is 198 g/mol. The van der Waals surface area contributed by atoms with Crippen LogP contribution in [0, 0.1) is 5.92 Å². The van der Waals surface area contributed by atoms with Gasteiger partial charge in [-0.2, -0.15) is 0 Å². The van der Waals surface area contributed by atoms with Crippen LogP contribution >= 0.6 is 0 Å². The van der Waals surface area contributed by atoms with Crippen molar-refractivity contribution in [2.24, 2.45) is 5.92 Å². The summed E-state index contributed by atoms with van der Waals surface area (Å²) in [7, 11) is 0. The molecule has 0 saturated carbocycles. The van der Waals surface area contributed by atoms with Crippen LogP contribution in [0.15, 0.2) is 0 Å². The highest BCUT2D eigenvalue weighted by molar-refractivity contribution is 5.78. The minimum atomic E-state index is 0.322. The number of nitrogens with one attached hydrogen (secondary N) is 1. The van der Waals surface area contributed by atoms with Gasteiger partial charge in [-0.25, -0.2) is 0 Å². The largest absolute Gasteiger partial charge is 0.341 e. The van der Waals surface area contributed by atoms with Crippen molar-refractivity contribution < 1.29 is 4.79 Å². The number of rotatable bonds is 5. The Morgan fingerprint density at radius 2 is 2.14 bits per heavy atom. The van der Waals surface area contributed by atoms with E-state index in [2.05, 4.69) is 26.1 Å². The number of carbonyl (C=O) groups excluding carboxylic acids is 1. The second-order valence-electron chi connectivity index (χ2n) is 4.65. The predicted molar refractivity (Wildman–Crippen MR) is 58.1 cm³/mol. The molecule has 14 heavy (non-hydrogen) atoms. The number of likely N-dealkylation sites (tertiary alicyclic amines) is 1. The fourth-order valence-electron chi connectivity index (χ4n) is 1.73. The Labute approximate surface area is 86.9 Å². The molecule has 0 aromatic carbocycles. The second kappa shape index (κ2) is 5.35. The smallest absolute Gasteiger partial charge is 0.222 e. The first-order valence-electron chi connectivity index (χ1n) is 5.60. The summed E-state index contributed by atoms with van der Waals surface area (Å²) in [6.07, 6.45) is 1.78. The predicted octanol–water partition coefficient (Wildman–Crippen LogP) is 1.24. The van der Waals surface area contributed by atoms with Crippen LogP contribution in [0.25, 0.3) is 0 Å². The van der Waals surface area contributed by atoms with Gasteiger partial charge in [0, 0.05) is 25.6 Å². The number of hydrogen-bond acceptors (Lipinski definition) is 2. The van der Waals surface area contributed by atoms with Gasteiger partial charge in [0.05, 0.1) is 0 Å². The molecule has 3 nitrogen and oxygen atoms in total. The molecule has 82 valence electrons. The van der Waals surface area contributed by atoms with E-state index in [-0.39, 0.29) is 0 Å². The lowest BCUT2D eigenvalue weighted by Crippen LogP contribution is -2.40. The Kier molecular flexibility index (Phi) is 4.39. The zero-order valence-corrected chi connectivity index (χ0v) is 9.55. The van der Waals surface area contributed by atoms with Gasteiger partial charge in [-0.05, 0) is 25.8 Å². The van der Waals surface area contributed by atoms with E-state index in [0.29, 0.717) is 17.9 Å². The summed E-state index contributed by atoms with van der Waals surface area (Å²) in [5.74, 6) is 0.995. The normalized spacial score (nSPS) is 19.4. The maximum absolute atomic E-state index is 11.3. The van der Waals surface area contributed by atoms with Crippen molar-refractivity contribution in [3.8, 4) is 0 Å². The van der Waals surface area contributed by atoms with Crippen molar-refractivity contribution in [1.29, 1.82) is 0 Å². The highest BCUT2D eigenvalue weighted by Crippen LogP contribution is 2.09. The van der Waals surface area contributed by atoms with Crippen molar-refractivity contribution in [2.75, 3.05) is 19.6 Å². The molecule has 1 amide bonds. The molecule has 1 fully saturated rings. The average Bonchev–Trinajstić information content (AvgIpc) is 2.49. The van der Waals surface area contributed by atoms with E-state index in [0.717, 1.165) is 32.5 Å². The molecule has 1 aliphatic rings. The Balaban J connectivity index is 2.19. The maximum atomic E-state index is 11.3. The Morgan fingerprint density at radius 3 is 2.64 bits per heavy atom. The number of amides is 1. The van der Waals surface area contributed by atoms with Gasteiger partial charge in [0.2, 0.25) is 5.91 Å². The average molecular weight is 198 g/mol. The summed E-state index contributed by atoms with van der Waals surface area (Å²) in [5, 5.41) is 3.44. The molecule has 0 spiro atoms. The molecule has 1 saturated heterocycles. The van der Waals surface area contributed by atoms with Crippen LogP contribution < -0.4 is 5.32 Å². The summed E-state index contributed by atoms with van der Waals surface area (Å²) in [6.45, 7) is 9.39. The van der Waals surface area contributed by atoms with Gasteiger partial charge in [-0.15, -0.1) is 0 Å². The third kappa shape index (κ3) is 3.66. The van der Waals surface area contributed by atoms with Crippen molar-refractivity contribution in [3.63, 3.8) is 0 Å². The Morgan fingerprint density at radius 1 is 1.43 bits per heavy atom. The molecule has 1 rings (SSSR count). The minimum absolute atomic E-state index is 0.322. The van der Waals surface area contributed by atoms with Crippen LogP contribution in [0.3, 0.4) is 0 Å². The first-order chi connectivity index (χ1) is 6.59. The molecule has 0 aromatic rings. The van der Waals surface area contributed by atoms with E-state index < -0.39 is 0 Å². The molecule has 1 N–H and O–H groups in total. The first kappa shape index (κ1) is 11.5. The number of nitrogens with zero attached hydrogens (tertiary/aromatic N) is 1. The SMILES string of the molecule is CC(C)CNC(C)CN1CCCC1=O. The van der Waals surface area contributed by atoms with Gasteiger partial charge in [0.1, 0.15) is 0 Å². The molecular formula is C11H22N2O. The molecule has 1 aliphatic heterocycles. The Hall–Kier alpha value is -0.570. The van der Waals surface area contributed by atoms with Crippen LogP contribution in [0.4, 0.5) is 0 Å². The van der Waals surface area contributed by atoms with E-state index in [4.69, 9.17) is 0 Å². The number of hydrogen-bond donors (Lipinski definition) is 1. The van der Waals surface area contributed by atoms with Gasteiger partial charge in [0.25, 0.3) is 0 Å². The quantitative estimate of drug-likeness (QED) is 0.721. The maximum Gasteiger partial charge on any atom is 0.222 e. The van der Waals surface area contributed by atoms with Gasteiger partial charge >= 0.3 is 0 Å². The van der Waals surface area contributed by atoms with Gasteiger partial charge in [0.15, 0.2) is 0 Å². The molecule has 0 aromatic heterocycles. The fraction of sp³-hybridized carbons (Fsp3) is 0.909. The standard InChI is InChI=1S/C11H22N2O/c1-9(2)7-12-10(3)8-13-6-4-5-11(13)14/h9-10,12H,4-8H2,1-3H3. The van der Waals surface area contributed by atoms with Crippen molar-refractivity contribution in [1.82, 2.24) is 10.2 Å². The van der Waals surface area contributed by atoms with E-state index in [1.54, 1.807) is 0 Å². The van der Waals surface area contributed by atoms with Crippen LogP contribution in [-0.2, 0) is 4.79 Å². The highest BCUT2D eigenvalue weighted by Gasteiger charge is 2.21. The minimum Gasteiger partial charge on any atom is -0.341 e. The third-order valence-electron chi connectivity index (χ3n) is 2.54. The van der Waals surface area contributed by atoms with Gasteiger partial charge in [-0.1, -0.05) is 13.8 Å². The molecule has 1 heterocycles. The first-order valence-corrected chi connectivity index (χ1v) is 5.60. The van der Waals surface area contributed by atoms with Crippen molar-refractivity contribution in [3.05, 3.63) is 0 Å². The lowest BCUT2D eigenvalue weighted by Gasteiger charge is -2.22. The lowest BCUT2D eigenvalue weighted by molar-refractivity contribution is -0.127. The zero-order chi connectivity index (χ0) is 10.6. The van der Waals surface area contributed by atoms with Crippen LogP contribution in [-0.4, -0.2) is 36.5 Å². The topological polar surface area (TPSA) is 32.3 Å². The van der Waals surface area contributed by atoms with E-state index in [1.165, 1.54) is 0 Å². The van der Waals surface area contributed by atoms with E-state index >= 15 is 0 Å². The molecule has 3 heteroatoms. The van der Waals surface area contributed by atoms with E-state index in [9.17, 15) is 4.79 Å². The summed E-state index contributed by atoms with van der Waals surface area (Å²) < 4.78 is 0. The van der Waals surface area contributed by atoms with Crippen molar-refractivity contribution >= 4 is 5.91 Å². The molecule has 0 aliphatic carbocycles. The van der Waals surface area contributed by atoms with Crippen LogP contribution in [0.1, 0.15) is 33.6 Å². The molecule has 1 unspecified atom stereocenters. The van der Waals surface area contributed by atoms with E-state index in [1.807, 2.05) is 4.90 Å². The number of carbonyl (C=O) groups is 1. The second-order valence-corrected chi connectivity index (χ2v) is 4.65. The van der Waals surface area contributed by atoms with Gasteiger partial charge in [-0.3, -0.25) is 4.79 Å². The summed E-state index contributed by atoms with van der Waals surface area (Å²) in [5.41, 5.74) is 0. The fourth-order valence-corrected chi connectivity index (χ4v) is 1.73. The summed E-state index contributed by atoms with van der Waals surface area (Å²) >= 11 is 0. The van der Waals surface area contributed by atoms with Crippen LogP contribution in [0.5, 0.6) is 0 Å². The molecule has 1 atom stereocenters. The third-order valence-corrected chi connectivity index (χ3v) is 2.54. The van der Waals surface area contributed by atoms with Crippen molar-refractivity contribution in [2.45, 2.75) is 39.7 Å². The molecular weight excluding hydrogens is 176 g/mol. The molecule has 0 bridgehead atoms.